The zero-order chi connectivity index (χ0) is 20.6. The fourth-order valence-corrected chi connectivity index (χ4v) is 3.22. The number of hydrogen-bond donors (Lipinski definition) is 2. The molecule has 0 atom stereocenters. The van der Waals surface area contributed by atoms with Crippen molar-refractivity contribution in [2.45, 2.75) is 6.92 Å². The second-order valence-electron chi connectivity index (χ2n) is 5.94. The summed E-state index contributed by atoms with van der Waals surface area (Å²) >= 11 is 9.36. The molecule has 7 nitrogen and oxygen atoms in total. The molecule has 2 aromatic rings. The predicted octanol–water partition coefficient (Wildman–Crippen LogP) is 3.79. The first kappa shape index (κ1) is 19.9. The number of ether oxygens (including phenoxy) is 1. The Labute approximate surface area is 173 Å². The van der Waals surface area contributed by atoms with Gasteiger partial charge in [0, 0.05) is 9.50 Å². The van der Waals surface area contributed by atoms with E-state index in [1.54, 1.807) is 19.1 Å². The van der Waals surface area contributed by atoms with Gasteiger partial charge in [0.25, 0.3) is 11.8 Å². The molecule has 0 aromatic heterocycles. The minimum absolute atomic E-state index is 0.109. The first-order valence-electron chi connectivity index (χ1n) is 7.97. The van der Waals surface area contributed by atoms with E-state index in [0.717, 1.165) is 10.5 Å². The van der Waals surface area contributed by atoms with Crippen LogP contribution in [-0.2, 0) is 9.59 Å². The lowest BCUT2D eigenvalue weighted by Gasteiger charge is -2.26. The van der Waals surface area contributed by atoms with Gasteiger partial charge < -0.3 is 9.84 Å². The minimum atomic E-state index is -0.866. The fraction of sp³-hybridized carbons (Fsp3) is 0.105. The number of halogens is 2. The molecule has 0 unspecified atom stereocenters. The van der Waals surface area contributed by atoms with Crippen LogP contribution >= 0.6 is 27.5 Å². The average molecular weight is 466 g/mol. The molecule has 0 spiro atoms. The standard InChI is InChI=1S/C19H14BrClN2O5/c1-9-3-4-11(7-14(9)21)23-18(26)12(17(25)22-19(23)27)5-10-6-16(28-2)15(24)8-13(10)20/h3-8,24H,1-2H3,(H,22,25,27)/b12-5+. The van der Waals surface area contributed by atoms with E-state index in [4.69, 9.17) is 16.3 Å². The van der Waals surface area contributed by atoms with Crippen molar-refractivity contribution < 1.29 is 24.2 Å². The average Bonchev–Trinajstić information content (AvgIpc) is 2.63. The summed E-state index contributed by atoms with van der Waals surface area (Å²) in [4.78, 5) is 38.3. The number of carbonyl (C=O) groups excluding carboxylic acids is 3. The second kappa shape index (κ2) is 7.65. The Morgan fingerprint density at radius 3 is 2.57 bits per heavy atom. The number of hydrogen-bond acceptors (Lipinski definition) is 5. The van der Waals surface area contributed by atoms with Crippen molar-refractivity contribution in [2.75, 3.05) is 12.0 Å². The predicted molar refractivity (Wildman–Crippen MR) is 108 cm³/mol. The van der Waals surface area contributed by atoms with Gasteiger partial charge in [0.2, 0.25) is 0 Å². The monoisotopic (exact) mass is 464 g/mol. The van der Waals surface area contributed by atoms with Crippen LogP contribution in [0.2, 0.25) is 5.02 Å². The first-order chi connectivity index (χ1) is 13.2. The van der Waals surface area contributed by atoms with Gasteiger partial charge in [0.05, 0.1) is 12.8 Å². The van der Waals surface area contributed by atoms with Crippen LogP contribution < -0.4 is 15.0 Å². The lowest BCUT2D eigenvalue weighted by molar-refractivity contribution is -0.122. The van der Waals surface area contributed by atoms with Crippen LogP contribution in [0.15, 0.2) is 40.4 Å². The van der Waals surface area contributed by atoms with Crippen LogP contribution in [0, 0.1) is 6.92 Å². The number of phenols is 1. The molecule has 9 heteroatoms. The van der Waals surface area contributed by atoms with Gasteiger partial charge in [-0.1, -0.05) is 33.6 Å². The lowest BCUT2D eigenvalue weighted by Crippen LogP contribution is -2.54. The number of aryl methyl sites for hydroxylation is 1. The number of benzene rings is 2. The molecule has 2 aromatic carbocycles. The maximum Gasteiger partial charge on any atom is 0.335 e. The summed E-state index contributed by atoms with van der Waals surface area (Å²) < 4.78 is 5.48. The maximum absolute atomic E-state index is 12.9. The number of barbiturate groups is 1. The quantitative estimate of drug-likeness (QED) is 0.531. The number of nitrogens with zero attached hydrogens (tertiary/aromatic N) is 1. The molecule has 1 aliphatic heterocycles. The van der Waals surface area contributed by atoms with Crippen molar-refractivity contribution in [3.8, 4) is 11.5 Å². The van der Waals surface area contributed by atoms with Gasteiger partial charge in [0.1, 0.15) is 5.57 Å². The van der Waals surface area contributed by atoms with Gasteiger partial charge in [-0.25, -0.2) is 9.69 Å². The Morgan fingerprint density at radius 2 is 1.93 bits per heavy atom. The number of methoxy groups -OCH3 is 1. The summed E-state index contributed by atoms with van der Waals surface area (Å²) in [5.41, 5.74) is 1.16. The third-order valence-corrected chi connectivity index (χ3v) is 5.21. The highest BCUT2D eigenvalue weighted by Crippen LogP contribution is 2.34. The molecule has 1 saturated heterocycles. The molecular formula is C19H14BrClN2O5. The van der Waals surface area contributed by atoms with Gasteiger partial charge >= 0.3 is 6.03 Å². The molecular weight excluding hydrogens is 452 g/mol. The van der Waals surface area contributed by atoms with Crippen LogP contribution in [0.1, 0.15) is 11.1 Å². The fourth-order valence-electron chi connectivity index (χ4n) is 2.60. The van der Waals surface area contributed by atoms with Gasteiger partial charge in [-0.05, 0) is 48.4 Å². The van der Waals surface area contributed by atoms with Crippen molar-refractivity contribution >= 4 is 57.1 Å². The molecule has 1 aliphatic rings. The van der Waals surface area contributed by atoms with E-state index in [-0.39, 0.29) is 22.8 Å². The summed E-state index contributed by atoms with van der Waals surface area (Å²) in [6.07, 6.45) is 1.30. The third kappa shape index (κ3) is 3.61. The highest BCUT2D eigenvalue weighted by Gasteiger charge is 2.37. The van der Waals surface area contributed by atoms with E-state index in [0.29, 0.717) is 15.1 Å². The van der Waals surface area contributed by atoms with Crippen molar-refractivity contribution in [3.63, 3.8) is 0 Å². The summed E-state index contributed by atoms with van der Waals surface area (Å²) in [5.74, 6) is -1.57. The molecule has 28 heavy (non-hydrogen) atoms. The van der Waals surface area contributed by atoms with Gasteiger partial charge in [-0.15, -0.1) is 0 Å². The smallest absolute Gasteiger partial charge is 0.335 e. The molecule has 144 valence electrons. The number of carbonyl (C=O) groups is 3. The number of aromatic hydroxyl groups is 1. The van der Waals surface area contributed by atoms with Crippen molar-refractivity contribution in [1.82, 2.24) is 5.32 Å². The highest BCUT2D eigenvalue weighted by molar-refractivity contribution is 9.10. The maximum atomic E-state index is 12.9. The number of amides is 4. The van der Waals surface area contributed by atoms with Crippen LogP contribution in [0.5, 0.6) is 11.5 Å². The van der Waals surface area contributed by atoms with Crippen molar-refractivity contribution in [2.24, 2.45) is 0 Å². The Hall–Kier alpha value is -2.84. The van der Waals surface area contributed by atoms with Crippen LogP contribution in [-0.4, -0.2) is 30.1 Å². The summed E-state index contributed by atoms with van der Waals surface area (Å²) in [5, 5.41) is 12.3. The molecule has 4 amide bonds. The zero-order valence-corrected chi connectivity index (χ0v) is 17.1. The largest absolute Gasteiger partial charge is 0.504 e. The molecule has 3 rings (SSSR count). The SMILES string of the molecule is COc1cc(/C=C2\C(=O)NC(=O)N(c3ccc(C)c(Cl)c3)C2=O)c(Br)cc1O. The number of imide groups is 2. The minimum Gasteiger partial charge on any atom is -0.504 e. The molecule has 1 heterocycles. The Bertz CT molecular complexity index is 1050. The number of urea groups is 1. The molecule has 0 saturated carbocycles. The topological polar surface area (TPSA) is 95.9 Å². The highest BCUT2D eigenvalue weighted by atomic mass is 79.9. The Balaban J connectivity index is 2.07. The van der Waals surface area contributed by atoms with Gasteiger partial charge in [-0.3, -0.25) is 14.9 Å². The summed E-state index contributed by atoms with van der Waals surface area (Å²) in [6, 6.07) is 6.66. The van der Waals surface area contributed by atoms with Gasteiger partial charge in [-0.2, -0.15) is 0 Å². The number of anilines is 1. The number of phenolic OH excluding ortho intramolecular Hbond substituents is 1. The van der Waals surface area contributed by atoms with Crippen LogP contribution in [0.4, 0.5) is 10.5 Å². The molecule has 0 bridgehead atoms. The number of rotatable bonds is 3. The Kier molecular flexibility index (Phi) is 5.44. The van der Waals surface area contributed by atoms with E-state index in [9.17, 15) is 19.5 Å². The van der Waals surface area contributed by atoms with Crippen molar-refractivity contribution in [1.29, 1.82) is 0 Å². The van der Waals surface area contributed by atoms with Crippen LogP contribution in [0.25, 0.3) is 6.08 Å². The van der Waals surface area contributed by atoms with E-state index in [2.05, 4.69) is 21.2 Å². The molecule has 1 fully saturated rings. The van der Waals surface area contributed by atoms with E-state index >= 15 is 0 Å². The first-order valence-corrected chi connectivity index (χ1v) is 9.14. The van der Waals surface area contributed by atoms with Gasteiger partial charge in [0.15, 0.2) is 11.5 Å². The Morgan fingerprint density at radius 1 is 1.21 bits per heavy atom. The third-order valence-electron chi connectivity index (χ3n) is 4.11. The number of nitrogens with one attached hydrogen (secondary N) is 1. The summed E-state index contributed by atoms with van der Waals surface area (Å²) in [6.45, 7) is 1.79. The lowest BCUT2D eigenvalue weighted by atomic mass is 10.1. The van der Waals surface area contributed by atoms with E-state index < -0.39 is 17.8 Å². The normalized spacial score (nSPS) is 15.8. The second-order valence-corrected chi connectivity index (χ2v) is 7.20. The van der Waals surface area contributed by atoms with E-state index in [1.807, 2.05) is 0 Å². The van der Waals surface area contributed by atoms with Crippen molar-refractivity contribution in [3.05, 3.63) is 56.5 Å². The molecule has 0 radical (unpaired) electrons. The summed E-state index contributed by atoms with van der Waals surface area (Å²) in [7, 11) is 1.37. The van der Waals surface area contributed by atoms with Crippen LogP contribution in [0.3, 0.4) is 0 Å². The zero-order valence-electron chi connectivity index (χ0n) is 14.7. The molecule has 0 aliphatic carbocycles. The van der Waals surface area contributed by atoms with E-state index in [1.165, 1.54) is 31.4 Å². The molecule has 2 N–H and O–H groups in total.